The molecule has 4 rings (SSSR count). The van der Waals surface area contributed by atoms with E-state index in [1.54, 1.807) is 12.1 Å². The summed E-state index contributed by atoms with van der Waals surface area (Å²) in [7, 11) is -7.52. The van der Waals surface area contributed by atoms with Gasteiger partial charge in [0.2, 0.25) is 10.0 Å². The summed E-state index contributed by atoms with van der Waals surface area (Å²) >= 11 is 0.944. The molecule has 0 unspecified atom stereocenters. The molecule has 0 radical (unpaired) electrons. The van der Waals surface area contributed by atoms with Crippen molar-refractivity contribution in [3.8, 4) is 0 Å². The molecule has 30 heavy (non-hydrogen) atoms. The van der Waals surface area contributed by atoms with Gasteiger partial charge in [-0.2, -0.15) is 13.1 Å². The van der Waals surface area contributed by atoms with Crippen molar-refractivity contribution in [3.05, 3.63) is 42.5 Å². The molecular formula is C19H22N4O4S3. The number of rotatable bonds is 5. The molecule has 0 saturated carbocycles. The summed E-state index contributed by atoms with van der Waals surface area (Å²) in [5.41, 5.74) is 1.09. The third-order valence-electron chi connectivity index (χ3n) is 5.12. The second kappa shape index (κ2) is 7.88. The lowest BCUT2D eigenvalue weighted by atomic mass is 9.94. The number of sulfonamides is 2. The van der Waals surface area contributed by atoms with E-state index in [0.717, 1.165) is 18.1 Å². The fraction of sp³-hybridized carbons (Fsp3) is 0.368. The number of hydrogen-bond acceptors (Lipinski definition) is 7. The Kier molecular flexibility index (Phi) is 5.56. The molecule has 3 aromatic rings. The smallest absolute Gasteiger partial charge is 0.264 e. The highest BCUT2D eigenvalue weighted by molar-refractivity contribution is 7.93. The van der Waals surface area contributed by atoms with Crippen molar-refractivity contribution in [2.45, 2.75) is 30.1 Å². The zero-order valence-electron chi connectivity index (χ0n) is 16.5. The van der Waals surface area contributed by atoms with Crippen molar-refractivity contribution in [3.63, 3.8) is 0 Å². The van der Waals surface area contributed by atoms with E-state index in [1.165, 1.54) is 34.6 Å². The molecule has 1 saturated heterocycles. The summed E-state index contributed by atoms with van der Waals surface area (Å²) in [6, 6.07) is 10.5. The highest BCUT2D eigenvalue weighted by Crippen LogP contribution is 2.28. The molecule has 0 bridgehead atoms. The minimum atomic E-state index is -3.90. The summed E-state index contributed by atoms with van der Waals surface area (Å²) in [5.74, 6) is 0.607. The first kappa shape index (κ1) is 21.2. The van der Waals surface area contributed by atoms with Crippen molar-refractivity contribution < 1.29 is 16.8 Å². The number of benzene rings is 2. The van der Waals surface area contributed by atoms with Gasteiger partial charge in [0.15, 0.2) is 0 Å². The Labute approximate surface area is 180 Å². The molecule has 0 amide bonds. The van der Waals surface area contributed by atoms with Gasteiger partial charge in [0.25, 0.3) is 10.0 Å². The van der Waals surface area contributed by atoms with Crippen LogP contribution in [0.15, 0.2) is 52.3 Å². The first-order chi connectivity index (χ1) is 14.2. The van der Waals surface area contributed by atoms with E-state index in [-0.39, 0.29) is 15.5 Å². The number of fused-ring (bicyclic) bond motifs is 1. The first-order valence-electron chi connectivity index (χ1n) is 9.51. The Morgan fingerprint density at radius 1 is 0.967 bits per heavy atom. The maximum absolute atomic E-state index is 13.0. The highest BCUT2D eigenvalue weighted by Gasteiger charge is 2.31. The van der Waals surface area contributed by atoms with Crippen LogP contribution in [0.2, 0.25) is 0 Å². The van der Waals surface area contributed by atoms with Crippen LogP contribution in [0, 0.1) is 11.8 Å². The topological polar surface area (TPSA) is 109 Å². The normalized spacial score (nSPS) is 21.0. The molecule has 11 heteroatoms. The molecule has 2 aromatic carbocycles. The van der Waals surface area contributed by atoms with Crippen LogP contribution < -0.4 is 4.72 Å². The molecule has 1 aliphatic rings. The Hall–Kier alpha value is -2.08. The standard InChI is InChI=1S/C19H22N4O4S3/c1-13-10-14(2)12-23(11-13)30(26,27)16-8-6-15(7-9-16)22-29(24,25)18-5-3-4-17-19(18)21-28-20-17/h3-9,13-14,22H,10-12H2,1-2H3/t13-,14-/m1/s1. The van der Waals surface area contributed by atoms with Crippen LogP contribution in [-0.4, -0.2) is 43.0 Å². The van der Waals surface area contributed by atoms with E-state index < -0.39 is 20.0 Å². The predicted molar refractivity (Wildman–Crippen MR) is 116 cm³/mol. The third-order valence-corrected chi connectivity index (χ3v) is 8.92. The van der Waals surface area contributed by atoms with Crippen LogP contribution in [0.5, 0.6) is 0 Å². The lowest BCUT2D eigenvalue weighted by molar-refractivity contribution is 0.222. The molecule has 0 spiro atoms. The second-order valence-electron chi connectivity index (χ2n) is 7.79. The summed E-state index contributed by atoms with van der Waals surface area (Å²) in [4.78, 5) is 0.180. The number of nitrogens with one attached hydrogen (secondary N) is 1. The molecule has 2 heterocycles. The van der Waals surface area contributed by atoms with Crippen LogP contribution >= 0.6 is 11.7 Å². The van der Waals surface area contributed by atoms with Gasteiger partial charge >= 0.3 is 0 Å². The van der Waals surface area contributed by atoms with Gasteiger partial charge in [0.1, 0.15) is 15.9 Å². The summed E-state index contributed by atoms with van der Waals surface area (Å²) in [6.45, 7) is 5.09. The summed E-state index contributed by atoms with van der Waals surface area (Å²) in [5, 5.41) is 0. The predicted octanol–water partition coefficient (Wildman–Crippen LogP) is 3.16. The quantitative estimate of drug-likeness (QED) is 0.619. The molecule has 1 N–H and O–H groups in total. The van der Waals surface area contributed by atoms with Gasteiger partial charge in [-0.05, 0) is 54.7 Å². The Bertz CT molecular complexity index is 1260. The van der Waals surface area contributed by atoms with Crippen molar-refractivity contribution in [2.24, 2.45) is 11.8 Å². The maximum atomic E-state index is 13.0. The van der Waals surface area contributed by atoms with E-state index in [9.17, 15) is 16.8 Å². The first-order valence-corrected chi connectivity index (χ1v) is 13.2. The zero-order valence-corrected chi connectivity index (χ0v) is 19.0. The van der Waals surface area contributed by atoms with Crippen molar-refractivity contribution >= 4 is 48.5 Å². The minimum Gasteiger partial charge on any atom is -0.280 e. The van der Waals surface area contributed by atoms with Gasteiger partial charge in [0, 0.05) is 18.8 Å². The Balaban J connectivity index is 1.57. The van der Waals surface area contributed by atoms with Gasteiger partial charge in [-0.25, -0.2) is 16.8 Å². The van der Waals surface area contributed by atoms with Gasteiger partial charge in [-0.15, -0.1) is 0 Å². The van der Waals surface area contributed by atoms with Crippen molar-refractivity contribution in [2.75, 3.05) is 17.8 Å². The van der Waals surface area contributed by atoms with Crippen LogP contribution in [-0.2, 0) is 20.0 Å². The van der Waals surface area contributed by atoms with Gasteiger partial charge in [-0.3, -0.25) is 4.72 Å². The largest absolute Gasteiger partial charge is 0.280 e. The van der Waals surface area contributed by atoms with Gasteiger partial charge in [0.05, 0.1) is 16.6 Å². The van der Waals surface area contributed by atoms with Crippen molar-refractivity contribution in [1.29, 1.82) is 0 Å². The minimum absolute atomic E-state index is 0.0294. The number of aromatic nitrogens is 2. The lowest BCUT2D eigenvalue weighted by Gasteiger charge is -2.34. The van der Waals surface area contributed by atoms with E-state index in [0.29, 0.717) is 36.0 Å². The van der Waals surface area contributed by atoms with Crippen LogP contribution in [0.3, 0.4) is 0 Å². The lowest BCUT2D eigenvalue weighted by Crippen LogP contribution is -2.42. The zero-order chi connectivity index (χ0) is 21.5. The van der Waals surface area contributed by atoms with Crippen LogP contribution in [0.4, 0.5) is 5.69 Å². The van der Waals surface area contributed by atoms with E-state index in [1.807, 2.05) is 0 Å². The number of anilines is 1. The van der Waals surface area contributed by atoms with E-state index in [2.05, 4.69) is 27.3 Å². The third kappa shape index (κ3) is 4.07. The number of piperidine rings is 1. The molecule has 160 valence electrons. The van der Waals surface area contributed by atoms with E-state index >= 15 is 0 Å². The molecule has 0 aliphatic carbocycles. The van der Waals surface area contributed by atoms with Crippen LogP contribution in [0.25, 0.3) is 11.0 Å². The summed E-state index contributed by atoms with van der Waals surface area (Å²) in [6.07, 6.45) is 1.01. The van der Waals surface area contributed by atoms with Crippen LogP contribution in [0.1, 0.15) is 20.3 Å². The number of nitrogens with zero attached hydrogens (tertiary/aromatic N) is 3. The SMILES string of the molecule is C[C@@H]1C[C@@H](C)CN(S(=O)(=O)c2ccc(NS(=O)(=O)c3cccc4nsnc34)cc2)C1. The monoisotopic (exact) mass is 466 g/mol. The van der Waals surface area contributed by atoms with Gasteiger partial charge < -0.3 is 0 Å². The average molecular weight is 467 g/mol. The second-order valence-corrected chi connectivity index (χ2v) is 11.9. The number of hydrogen-bond donors (Lipinski definition) is 1. The molecule has 2 atom stereocenters. The Morgan fingerprint density at radius 3 is 2.30 bits per heavy atom. The fourth-order valence-electron chi connectivity index (χ4n) is 3.85. The molecule has 1 fully saturated rings. The van der Waals surface area contributed by atoms with E-state index in [4.69, 9.17) is 0 Å². The molecular weight excluding hydrogens is 444 g/mol. The molecule has 1 aromatic heterocycles. The Morgan fingerprint density at radius 2 is 1.63 bits per heavy atom. The fourth-order valence-corrected chi connectivity index (χ4v) is 7.36. The molecule has 1 aliphatic heterocycles. The maximum Gasteiger partial charge on any atom is 0.264 e. The van der Waals surface area contributed by atoms with Crippen molar-refractivity contribution in [1.82, 2.24) is 13.1 Å². The average Bonchev–Trinajstić information content (AvgIpc) is 3.16. The highest BCUT2D eigenvalue weighted by atomic mass is 32.2. The van der Waals surface area contributed by atoms with Gasteiger partial charge in [-0.1, -0.05) is 19.9 Å². The molecule has 8 nitrogen and oxygen atoms in total. The summed E-state index contributed by atoms with van der Waals surface area (Å²) < 4.78 is 63.7.